The summed E-state index contributed by atoms with van der Waals surface area (Å²) in [6.07, 6.45) is -0.0889. The van der Waals surface area contributed by atoms with Crippen molar-refractivity contribution in [3.63, 3.8) is 0 Å². The van der Waals surface area contributed by atoms with E-state index in [4.69, 9.17) is 9.94 Å². The number of rotatable bonds is 5. The first-order chi connectivity index (χ1) is 10.9. The Labute approximate surface area is 132 Å². The standard InChI is InChI=1S/C14H19N3O6/c1-9-2-5-13(19)16(23-9)11-4-3-10(8-12(11)17(21)22)14(20)15-6-7-18/h3-4,8-9,13,18-19H,2,5-7H2,1H3,(H,15,20). The Balaban J connectivity index is 2.33. The Morgan fingerprint density at radius 3 is 2.91 bits per heavy atom. The van der Waals surface area contributed by atoms with E-state index in [9.17, 15) is 20.0 Å². The van der Waals surface area contributed by atoms with Gasteiger partial charge in [-0.15, -0.1) is 0 Å². The number of aliphatic hydroxyl groups excluding tert-OH is 2. The molecule has 126 valence electrons. The second-order valence-corrected chi connectivity index (χ2v) is 5.24. The molecule has 3 N–H and O–H groups in total. The van der Waals surface area contributed by atoms with Gasteiger partial charge in [0.25, 0.3) is 11.6 Å². The number of nitrogens with one attached hydrogen (secondary N) is 1. The van der Waals surface area contributed by atoms with Crippen molar-refractivity contribution >= 4 is 17.3 Å². The van der Waals surface area contributed by atoms with Gasteiger partial charge < -0.3 is 15.5 Å². The molecule has 0 aromatic heterocycles. The molecule has 1 heterocycles. The van der Waals surface area contributed by atoms with E-state index in [1.165, 1.54) is 12.1 Å². The number of hydrogen-bond acceptors (Lipinski definition) is 7. The minimum atomic E-state index is -0.987. The summed E-state index contributed by atoms with van der Waals surface area (Å²) in [6.45, 7) is 1.64. The number of nitro benzene ring substituents is 1. The van der Waals surface area contributed by atoms with Crippen LogP contribution >= 0.6 is 0 Å². The molecule has 0 aliphatic carbocycles. The van der Waals surface area contributed by atoms with Gasteiger partial charge in [0.1, 0.15) is 5.69 Å². The lowest BCUT2D eigenvalue weighted by atomic mass is 10.1. The number of hydroxylamine groups is 1. The molecule has 0 saturated carbocycles. The van der Waals surface area contributed by atoms with Gasteiger partial charge >= 0.3 is 0 Å². The normalized spacial score (nSPS) is 21.1. The smallest absolute Gasteiger partial charge is 0.295 e. The summed E-state index contributed by atoms with van der Waals surface area (Å²) < 4.78 is 0. The van der Waals surface area contributed by atoms with Crippen molar-refractivity contribution < 1.29 is 24.8 Å². The molecular formula is C14H19N3O6. The Morgan fingerprint density at radius 1 is 1.52 bits per heavy atom. The number of carbonyl (C=O) groups excluding carboxylic acids is 1. The van der Waals surface area contributed by atoms with Crippen LogP contribution in [0.15, 0.2) is 18.2 Å². The summed E-state index contributed by atoms with van der Waals surface area (Å²) in [5.41, 5.74) is -0.156. The number of benzene rings is 1. The van der Waals surface area contributed by atoms with Crippen molar-refractivity contribution in [2.75, 3.05) is 18.2 Å². The second-order valence-electron chi connectivity index (χ2n) is 5.24. The van der Waals surface area contributed by atoms with Gasteiger partial charge in [-0.1, -0.05) is 0 Å². The molecule has 1 amide bonds. The van der Waals surface area contributed by atoms with Gasteiger partial charge in [0.2, 0.25) is 0 Å². The van der Waals surface area contributed by atoms with Crippen LogP contribution < -0.4 is 10.4 Å². The van der Waals surface area contributed by atoms with Crippen molar-refractivity contribution in [2.24, 2.45) is 0 Å². The van der Waals surface area contributed by atoms with Crippen molar-refractivity contribution in [1.82, 2.24) is 5.32 Å². The molecule has 1 aromatic carbocycles. The molecule has 0 radical (unpaired) electrons. The van der Waals surface area contributed by atoms with Crippen LogP contribution in [0.3, 0.4) is 0 Å². The van der Waals surface area contributed by atoms with Crippen LogP contribution in [0.4, 0.5) is 11.4 Å². The highest BCUT2D eigenvalue weighted by atomic mass is 16.7. The van der Waals surface area contributed by atoms with E-state index < -0.39 is 17.1 Å². The van der Waals surface area contributed by atoms with Gasteiger partial charge in [-0.05, 0) is 31.9 Å². The number of nitrogens with zero attached hydrogens (tertiary/aromatic N) is 2. The third kappa shape index (κ3) is 3.95. The largest absolute Gasteiger partial charge is 0.395 e. The highest BCUT2D eigenvalue weighted by Gasteiger charge is 2.31. The van der Waals surface area contributed by atoms with E-state index in [-0.39, 0.29) is 36.2 Å². The van der Waals surface area contributed by atoms with Gasteiger partial charge in [-0.2, -0.15) is 0 Å². The average Bonchev–Trinajstić information content (AvgIpc) is 2.54. The Morgan fingerprint density at radius 2 is 2.26 bits per heavy atom. The summed E-state index contributed by atoms with van der Waals surface area (Å²) in [7, 11) is 0. The van der Waals surface area contributed by atoms with Crippen molar-refractivity contribution in [1.29, 1.82) is 0 Å². The summed E-state index contributed by atoms with van der Waals surface area (Å²) >= 11 is 0. The Kier molecular flexibility index (Phi) is 5.48. The van der Waals surface area contributed by atoms with Crippen molar-refractivity contribution in [3.05, 3.63) is 33.9 Å². The maximum atomic E-state index is 11.8. The van der Waals surface area contributed by atoms with E-state index in [1.54, 1.807) is 6.92 Å². The van der Waals surface area contributed by atoms with Gasteiger partial charge in [-0.3, -0.25) is 19.7 Å². The van der Waals surface area contributed by atoms with E-state index in [2.05, 4.69) is 5.32 Å². The molecule has 2 unspecified atom stereocenters. The molecule has 2 rings (SSSR count). The highest BCUT2D eigenvalue weighted by molar-refractivity contribution is 5.95. The average molecular weight is 325 g/mol. The van der Waals surface area contributed by atoms with E-state index >= 15 is 0 Å². The zero-order valence-corrected chi connectivity index (χ0v) is 12.6. The molecule has 1 aromatic rings. The predicted molar refractivity (Wildman–Crippen MR) is 80.8 cm³/mol. The van der Waals surface area contributed by atoms with Crippen molar-refractivity contribution in [2.45, 2.75) is 32.1 Å². The topological polar surface area (TPSA) is 125 Å². The Hall–Kier alpha value is -2.23. The lowest BCUT2D eigenvalue weighted by Gasteiger charge is -2.35. The molecule has 1 saturated heterocycles. The molecule has 0 bridgehead atoms. The third-order valence-electron chi connectivity index (χ3n) is 3.46. The van der Waals surface area contributed by atoms with Gasteiger partial charge in [0, 0.05) is 18.2 Å². The van der Waals surface area contributed by atoms with Gasteiger partial charge in [-0.25, -0.2) is 5.06 Å². The van der Waals surface area contributed by atoms with Crippen LogP contribution in [-0.4, -0.2) is 46.5 Å². The number of anilines is 1. The number of hydrogen-bond donors (Lipinski definition) is 3. The lowest BCUT2D eigenvalue weighted by molar-refractivity contribution is -0.384. The van der Waals surface area contributed by atoms with Crippen LogP contribution in [0.25, 0.3) is 0 Å². The van der Waals surface area contributed by atoms with E-state index in [1.807, 2.05) is 0 Å². The number of carbonyl (C=O) groups is 1. The Bertz CT molecular complexity index is 594. The zero-order valence-electron chi connectivity index (χ0n) is 12.6. The minimum absolute atomic E-state index is 0.0554. The summed E-state index contributed by atoms with van der Waals surface area (Å²) in [4.78, 5) is 28.0. The SMILES string of the molecule is CC1CCC(O)N(c2ccc(C(=O)NCCO)cc2[N+](=O)[O-])O1. The molecule has 9 nitrogen and oxygen atoms in total. The molecule has 23 heavy (non-hydrogen) atoms. The molecule has 9 heteroatoms. The summed E-state index contributed by atoms with van der Waals surface area (Å²) in [6, 6.07) is 3.90. The monoisotopic (exact) mass is 325 g/mol. The predicted octanol–water partition coefficient (Wildman–Crippen LogP) is 0.556. The second kappa shape index (κ2) is 7.36. The van der Waals surface area contributed by atoms with Gasteiger partial charge in [0.05, 0.1) is 17.6 Å². The fourth-order valence-corrected chi connectivity index (χ4v) is 2.30. The first-order valence-electron chi connectivity index (χ1n) is 7.25. The lowest BCUT2D eigenvalue weighted by Crippen LogP contribution is -2.43. The maximum absolute atomic E-state index is 11.8. The molecule has 1 fully saturated rings. The minimum Gasteiger partial charge on any atom is -0.395 e. The fraction of sp³-hybridized carbons (Fsp3) is 0.500. The number of nitro groups is 1. The van der Waals surface area contributed by atoms with Crippen LogP contribution in [0.1, 0.15) is 30.1 Å². The molecular weight excluding hydrogens is 306 g/mol. The number of aliphatic hydroxyl groups is 2. The first kappa shape index (κ1) is 17.1. The van der Waals surface area contributed by atoms with Gasteiger partial charge in [0.15, 0.2) is 6.23 Å². The number of amides is 1. The summed E-state index contributed by atoms with van der Waals surface area (Å²) in [5.74, 6) is -0.526. The van der Waals surface area contributed by atoms with Crippen LogP contribution in [-0.2, 0) is 4.84 Å². The van der Waals surface area contributed by atoms with Crippen LogP contribution in [0.2, 0.25) is 0 Å². The molecule has 0 spiro atoms. The first-order valence-corrected chi connectivity index (χ1v) is 7.25. The van der Waals surface area contributed by atoms with Crippen LogP contribution in [0, 0.1) is 10.1 Å². The van der Waals surface area contributed by atoms with E-state index in [0.29, 0.717) is 12.8 Å². The van der Waals surface area contributed by atoms with Crippen LogP contribution in [0.5, 0.6) is 0 Å². The van der Waals surface area contributed by atoms with E-state index in [0.717, 1.165) is 11.1 Å². The molecule has 1 aliphatic heterocycles. The summed E-state index contributed by atoms with van der Waals surface area (Å²) in [5, 5.41) is 33.6. The highest BCUT2D eigenvalue weighted by Crippen LogP contribution is 2.34. The zero-order chi connectivity index (χ0) is 17.0. The van der Waals surface area contributed by atoms with Crippen molar-refractivity contribution in [3.8, 4) is 0 Å². The maximum Gasteiger partial charge on any atom is 0.295 e. The quantitative estimate of drug-likeness (QED) is 0.533. The fourth-order valence-electron chi connectivity index (χ4n) is 2.30. The third-order valence-corrected chi connectivity index (χ3v) is 3.46. The molecule has 1 aliphatic rings. The molecule has 2 atom stereocenters.